The average Bonchev–Trinajstić information content (AvgIpc) is 2.80. The highest BCUT2D eigenvalue weighted by atomic mass is 79.9. The molecule has 1 fully saturated rings. The third-order valence-electron chi connectivity index (χ3n) is 3.89. The van der Waals surface area contributed by atoms with Crippen LogP contribution in [0.5, 0.6) is 0 Å². The predicted octanol–water partition coefficient (Wildman–Crippen LogP) is 1.80. The van der Waals surface area contributed by atoms with E-state index in [2.05, 4.69) is 15.9 Å². The second kappa shape index (κ2) is 6.25. The van der Waals surface area contributed by atoms with Crippen LogP contribution in [0, 0.1) is 11.7 Å². The van der Waals surface area contributed by atoms with Gasteiger partial charge < -0.3 is 10.6 Å². The highest BCUT2D eigenvalue weighted by molar-refractivity contribution is 9.10. The van der Waals surface area contributed by atoms with Crippen LogP contribution < -0.4 is 5.73 Å². The normalized spacial score (nSPS) is 22.1. The number of hydrogen-bond acceptors (Lipinski definition) is 4. The lowest BCUT2D eigenvalue weighted by Crippen LogP contribution is -2.35. The molecule has 1 aromatic rings. The summed E-state index contributed by atoms with van der Waals surface area (Å²) in [6.45, 7) is 2.79. The zero-order valence-electron chi connectivity index (χ0n) is 12.3. The van der Waals surface area contributed by atoms with Gasteiger partial charge in [-0.25, -0.2) is 12.8 Å². The van der Waals surface area contributed by atoms with E-state index in [4.69, 9.17) is 5.73 Å². The first-order valence-electron chi connectivity index (χ1n) is 6.85. The van der Waals surface area contributed by atoms with Crippen LogP contribution >= 0.6 is 15.9 Å². The molecule has 8 heteroatoms. The van der Waals surface area contributed by atoms with Crippen molar-refractivity contribution < 1.29 is 17.6 Å². The van der Waals surface area contributed by atoms with Gasteiger partial charge in [-0.1, -0.05) is 15.9 Å². The first-order valence-corrected chi connectivity index (χ1v) is 9.53. The molecule has 1 saturated heterocycles. The smallest absolute Gasteiger partial charge is 0.257 e. The lowest BCUT2D eigenvalue weighted by atomic mass is 10.1. The first kappa shape index (κ1) is 17.4. The molecule has 0 radical (unpaired) electrons. The number of carbonyl (C=O) groups excluding carboxylic acids is 1. The maximum absolute atomic E-state index is 14.5. The highest BCUT2D eigenvalue weighted by Crippen LogP contribution is 2.29. The van der Waals surface area contributed by atoms with Gasteiger partial charge in [0.05, 0.1) is 5.56 Å². The Hall–Kier alpha value is -0.990. The molecule has 2 unspecified atom stereocenters. The maximum atomic E-state index is 14.5. The van der Waals surface area contributed by atoms with Gasteiger partial charge in [-0.05, 0) is 37.9 Å². The Morgan fingerprint density at radius 3 is 2.64 bits per heavy atom. The van der Waals surface area contributed by atoms with Crippen molar-refractivity contribution in [2.24, 2.45) is 11.7 Å². The molecule has 1 aromatic carbocycles. The second-order valence-corrected chi connectivity index (χ2v) is 8.58. The lowest BCUT2D eigenvalue weighted by molar-refractivity contribution is 0.0738. The molecule has 0 aromatic heterocycles. The summed E-state index contributed by atoms with van der Waals surface area (Å²) in [6, 6.07) is 2.42. The van der Waals surface area contributed by atoms with Gasteiger partial charge in [0, 0.05) is 23.3 Å². The van der Waals surface area contributed by atoms with E-state index < -0.39 is 26.5 Å². The van der Waals surface area contributed by atoms with Crippen LogP contribution in [0.15, 0.2) is 21.5 Å². The van der Waals surface area contributed by atoms with E-state index in [0.717, 1.165) is 18.7 Å². The van der Waals surface area contributed by atoms with Crippen LogP contribution in [0.25, 0.3) is 0 Å². The van der Waals surface area contributed by atoms with Gasteiger partial charge in [0.2, 0.25) is 0 Å². The van der Waals surface area contributed by atoms with E-state index in [0.29, 0.717) is 17.6 Å². The third kappa shape index (κ3) is 3.33. The molecule has 122 valence electrons. The SMILES string of the molecule is CC1CC(CN)CN1C(=O)c1cc(Br)cc(S(C)(=O)=O)c1F. The summed E-state index contributed by atoms with van der Waals surface area (Å²) >= 11 is 3.14. The van der Waals surface area contributed by atoms with E-state index in [-0.39, 0.29) is 17.5 Å². The van der Waals surface area contributed by atoms with E-state index >= 15 is 0 Å². The van der Waals surface area contributed by atoms with Gasteiger partial charge in [-0.3, -0.25) is 4.79 Å². The molecule has 2 rings (SSSR count). The molecule has 0 bridgehead atoms. The van der Waals surface area contributed by atoms with Crippen LogP contribution in [0.2, 0.25) is 0 Å². The average molecular weight is 393 g/mol. The van der Waals surface area contributed by atoms with Crippen LogP contribution in [-0.4, -0.2) is 44.6 Å². The summed E-state index contributed by atoms with van der Waals surface area (Å²) in [5.41, 5.74) is 5.40. The van der Waals surface area contributed by atoms with Gasteiger partial charge in [-0.15, -0.1) is 0 Å². The van der Waals surface area contributed by atoms with Crippen LogP contribution in [0.4, 0.5) is 4.39 Å². The second-order valence-electron chi connectivity index (χ2n) is 5.68. The topological polar surface area (TPSA) is 80.5 Å². The van der Waals surface area contributed by atoms with Gasteiger partial charge >= 0.3 is 0 Å². The Labute approximate surface area is 137 Å². The molecule has 5 nitrogen and oxygen atoms in total. The quantitative estimate of drug-likeness (QED) is 0.850. The number of nitrogens with zero attached hydrogens (tertiary/aromatic N) is 1. The zero-order valence-corrected chi connectivity index (χ0v) is 14.7. The summed E-state index contributed by atoms with van der Waals surface area (Å²) in [4.78, 5) is 13.7. The number of sulfone groups is 1. The molecule has 22 heavy (non-hydrogen) atoms. The van der Waals surface area contributed by atoms with Crippen LogP contribution in [0.1, 0.15) is 23.7 Å². The van der Waals surface area contributed by atoms with Crippen molar-refractivity contribution in [2.75, 3.05) is 19.3 Å². The number of rotatable bonds is 3. The Kier molecular flexibility index (Phi) is 4.93. The number of hydrogen-bond donors (Lipinski definition) is 1. The van der Waals surface area contributed by atoms with Crippen molar-refractivity contribution in [2.45, 2.75) is 24.3 Å². The third-order valence-corrected chi connectivity index (χ3v) is 5.44. The number of likely N-dealkylation sites (tertiary alicyclic amines) is 1. The molecule has 1 aliphatic rings. The van der Waals surface area contributed by atoms with Gasteiger partial charge in [0.1, 0.15) is 4.90 Å². The maximum Gasteiger partial charge on any atom is 0.257 e. The minimum absolute atomic E-state index is 0.0545. The summed E-state index contributed by atoms with van der Waals surface area (Å²) in [6.07, 6.45) is 1.67. The van der Waals surface area contributed by atoms with E-state index in [1.54, 1.807) is 4.90 Å². The Morgan fingerprint density at radius 2 is 2.14 bits per heavy atom. The fourth-order valence-electron chi connectivity index (χ4n) is 2.74. The lowest BCUT2D eigenvalue weighted by Gasteiger charge is -2.22. The van der Waals surface area contributed by atoms with Crippen molar-refractivity contribution in [3.8, 4) is 0 Å². The number of benzene rings is 1. The number of halogens is 2. The molecule has 0 aliphatic carbocycles. The molecule has 1 amide bonds. The largest absolute Gasteiger partial charge is 0.336 e. The van der Waals surface area contributed by atoms with Crippen molar-refractivity contribution in [1.29, 1.82) is 0 Å². The minimum Gasteiger partial charge on any atom is -0.336 e. The zero-order chi connectivity index (χ0) is 16.7. The van der Waals surface area contributed by atoms with E-state index in [1.165, 1.54) is 6.07 Å². The molecule has 2 N–H and O–H groups in total. The van der Waals surface area contributed by atoms with Gasteiger partial charge in [0.15, 0.2) is 15.7 Å². The fourth-order valence-corrected chi connectivity index (χ4v) is 4.13. The van der Waals surface area contributed by atoms with Crippen LogP contribution in [-0.2, 0) is 9.84 Å². The van der Waals surface area contributed by atoms with Crippen LogP contribution in [0.3, 0.4) is 0 Å². The van der Waals surface area contributed by atoms with Crippen molar-refractivity contribution in [1.82, 2.24) is 4.90 Å². The molecule has 0 saturated carbocycles. The monoisotopic (exact) mass is 392 g/mol. The molecule has 1 heterocycles. The first-order chi connectivity index (χ1) is 10.1. The molecular formula is C14H18BrFN2O3S. The van der Waals surface area contributed by atoms with E-state index in [1.807, 2.05) is 6.92 Å². The van der Waals surface area contributed by atoms with Crippen molar-refractivity contribution in [3.63, 3.8) is 0 Å². The Morgan fingerprint density at radius 1 is 1.50 bits per heavy atom. The number of amides is 1. The van der Waals surface area contributed by atoms with E-state index in [9.17, 15) is 17.6 Å². The summed E-state index contributed by atoms with van der Waals surface area (Å²) < 4.78 is 38.2. The highest BCUT2D eigenvalue weighted by Gasteiger charge is 2.34. The molecule has 0 spiro atoms. The van der Waals surface area contributed by atoms with Crippen molar-refractivity contribution in [3.05, 3.63) is 28.0 Å². The fraction of sp³-hybridized carbons (Fsp3) is 0.500. The molecule has 2 atom stereocenters. The summed E-state index contributed by atoms with van der Waals surface area (Å²) in [7, 11) is -3.76. The molecular weight excluding hydrogens is 375 g/mol. The van der Waals surface area contributed by atoms with Gasteiger partial charge in [-0.2, -0.15) is 0 Å². The van der Waals surface area contributed by atoms with Crippen molar-refractivity contribution >= 4 is 31.7 Å². The minimum atomic E-state index is -3.76. The standard InChI is InChI=1S/C14H18BrFN2O3S/c1-8-3-9(6-17)7-18(8)14(19)11-4-10(15)5-12(13(11)16)22(2,20)21/h4-5,8-9H,3,6-7,17H2,1-2H3. The Bertz CT molecular complexity index is 708. The summed E-state index contributed by atoms with van der Waals surface area (Å²) in [5.74, 6) is -1.32. The summed E-state index contributed by atoms with van der Waals surface area (Å²) in [5, 5.41) is 0. The van der Waals surface area contributed by atoms with Gasteiger partial charge in [0.25, 0.3) is 5.91 Å². The number of carbonyl (C=O) groups is 1. The Balaban J connectivity index is 2.45. The number of nitrogens with two attached hydrogens (primary N) is 1. The predicted molar refractivity (Wildman–Crippen MR) is 84.9 cm³/mol. The molecule has 1 aliphatic heterocycles.